The Morgan fingerprint density at radius 3 is 2.79 bits per heavy atom. The van der Waals surface area contributed by atoms with Crippen LogP contribution >= 0.6 is 11.6 Å². The zero-order chi connectivity index (χ0) is 13.6. The molecule has 0 aliphatic heterocycles. The zero-order valence-corrected chi connectivity index (χ0v) is 10.9. The van der Waals surface area contributed by atoms with E-state index in [1.54, 1.807) is 6.07 Å². The molecule has 0 saturated heterocycles. The molecular formula is C12H11ClN4O2. The number of aromatic nitrogens is 4. The quantitative estimate of drug-likeness (QED) is 0.931. The number of rotatable bonds is 3. The van der Waals surface area contributed by atoms with Crippen molar-refractivity contribution in [3.05, 3.63) is 34.5 Å². The summed E-state index contributed by atoms with van der Waals surface area (Å²) in [6.07, 6.45) is 3.31. The molecule has 0 atom stereocenters. The molecule has 19 heavy (non-hydrogen) atoms. The van der Waals surface area contributed by atoms with E-state index in [1.165, 1.54) is 11.0 Å². The Kier molecular flexibility index (Phi) is 2.74. The average molecular weight is 279 g/mol. The van der Waals surface area contributed by atoms with Crippen molar-refractivity contribution in [1.82, 2.24) is 19.7 Å². The van der Waals surface area contributed by atoms with Crippen LogP contribution in [0.4, 0.5) is 0 Å². The molecule has 1 N–H and O–H groups in total. The predicted molar refractivity (Wildman–Crippen MR) is 67.8 cm³/mol. The van der Waals surface area contributed by atoms with Crippen LogP contribution in [0.25, 0.3) is 5.82 Å². The molecule has 0 unspecified atom stereocenters. The highest BCUT2D eigenvalue weighted by molar-refractivity contribution is 6.33. The molecule has 0 radical (unpaired) electrons. The van der Waals surface area contributed by atoms with Gasteiger partial charge in [-0.15, -0.1) is 0 Å². The topological polar surface area (TPSA) is 80.9 Å². The third-order valence-electron chi connectivity index (χ3n) is 3.04. The summed E-state index contributed by atoms with van der Waals surface area (Å²) >= 11 is 6.14. The lowest BCUT2D eigenvalue weighted by Gasteiger charge is -2.01. The van der Waals surface area contributed by atoms with Gasteiger partial charge in [-0.25, -0.2) is 19.4 Å². The van der Waals surface area contributed by atoms with Crippen molar-refractivity contribution >= 4 is 17.6 Å². The van der Waals surface area contributed by atoms with Gasteiger partial charge in [0.15, 0.2) is 5.82 Å². The Bertz CT molecular complexity index is 664. The molecule has 98 valence electrons. The van der Waals surface area contributed by atoms with Crippen molar-refractivity contribution in [2.24, 2.45) is 0 Å². The van der Waals surface area contributed by atoms with E-state index in [1.807, 2.05) is 6.92 Å². The van der Waals surface area contributed by atoms with Crippen molar-refractivity contribution in [3.8, 4) is 5.82 Å². The maximum Gasteiger partial charge on any atom is 0.340 e. The van der Waals surface area contributed by atoms with E-state index in [4.69, 9.17) is 11.6 Å². The predicted octanol–water partition coefficient (Wildman–Crippen LogP) is 2.20. The number of aryl methyl sites for hydroxylation is 1. The molecule has 0 amide bonds. The number of hydrogen-bond donors (Lipinski definition) is 1. The van der Waals surface area contributed by atoms with Crippen LogP contribution in [0.15, 0.2) is 12.4 Å². The second kappa shape index (κ2) is 4.31. The van der Waals surface area contributed by atoms with Crippen LogP contribution in [-0.2, 0) is 0 Å². The fourth-order valence-corrected chi connectivity index (χ4v) is 2.26. The molecule has 2 aromatic rings. The van der Waals surface area contributed by atoms with E-state index in [0.29, 0.717) is 11.5 Å². The van der Waals surface area contributed by atoms with Crippen LogP contribution < -0.4 is 0 Å². The van der Waals surface area contributed by atoms with E-state index >= 15 is 0 Å². The Morgan fingerprint density at radius 1 is 1.47 bits per heavy atom. The Balaban J connectivity index is 2.17. The SMILES string of the molecule is Cc1cc(-n2nc(C3CC3)c(C(=O)O)c2Cl)ncn1. The van der Waals surface area contributed by atoms with Crippen molar-refractivity contribution in [2.45, 2.75) is 25.7 Å². The van der Waals surface area contributed by atoms with Gasteiger partial charge >= 0.3 is 5.97 Å². The van der Waals surface area contributed by atoms with E-state index in [2.05, 4.69) is 15.1 Å². The number of carbonyl (C=O) groups is 1. The number of aromatic carboxylic acids is 1. The summed E-state index contributed by atoms with van der Waals surface area (Å²) < 4.78 is 1.37. The van der Waals surface area contributed by atoms with Gasteiger partial charge in [0, 0.05) is 17.7 Å². The molecule has 1 fully saturated rings. The van der Waals surface area contributed by atoms with Crippen LogP contribution in [0.1, 0.15) is 40.5 Å². The third-order valence-corrected chi connectivity index (χ3v) is 3.39. The standard InChI is InChI=1S/C12H11ClN4O2/c1-6-4-8(15-5-14-6)17-11(13)9(12(18)19)10(16-17)7-2-3-7/h4-5,7H,2-3H2,1H3,(H,18,19). The highest BCUT2D eigenvalue weighted by Gasteiger charge is 2.34. The van der Waals surface area contributed by atoms with Gasteiger partial charge in [-0.1, -0.05) is 11.6 Å². The van der Waals surface area contributed by atoms with Gasteiger partial charge < -0.3 is 5.11 Å². The Hall–Kier alpha value is -1.95. The first-order chi connectivity index (χ1) is 9.08. The van der Waals surface area contributed by atoms with Crippen molar-refractivity contribution < 1.29 is 9.90 Å². The first-order valence-corrected chi connectivity index (χ1v) is 6.26. The molecule has 0 bridgehead atoms. The van der Waals surface area contributed by atoms with Crippen LogP contribution in [-0.4, -0.2) is 30.8 Å². The van der Waals surface area contributed by atoms with Gasteiger partial charge in [-0.3, -0.25) is 0 Å². The molecule has 1 saturated carbocycles. The monoisotopic (exact) mass is 278 g/mol. The molecule has 2 aromatic heterocycles. The van der Waals surface area contributed by atoms with Crippen LogP contribution in [0.5, 0.6) is 0 Å². The normalized spacial score (nSPS) is 14.6. The molecule has 1 aliphatic carbocycles. The van der Waals surface area contributed by atoms with Crippen LogP contribution in [0.3, 0.4) is 0 Å². The highest BCUT2D eigenvalue weighted by Crippen LogP contribution is 2.42. The molecular weight excluding hydrogens is 268 g/mol. The molecule has 0 aromatic carbocycles. The molecule has 0 spiro atoms. The Labute approximate surface area is 114 Å². The summed E-state index contributed by atoms with van der Waals surface area (Å²) in [7, 11) is 0. The molecule has 1 aliphatic rings. The number of carboxylic acids is 1. The minimum Gasteiger partial charge on any atom is -0.478 e. The first-order valence-electron chi connectivity index (χ1n) is 5.88. The lowest BCUT2D eigenvalue weighted by molar-refractivity contribution is 0.0696. The summed E-state index contributed by atoms with van der Waals surface area (Å²) in [5.74, 6) is -0.372. The summed E-state index contributed by atoms with van der Waals surface area (Å²) in [6, 6.07) is 1.71. The maximum absolute atomic E-state index is 11.3. The van der Waals surface area contributed by atoms with E-state index in [0.717, 1.165) is 18.5 Å². The summed E-state index contributed by atoms with van der Waals surface area (Å²) in [6.45, 7) is 1.82. The van der Waals surface area contributed by atoms with Crippen LogP contribution in [0.2, 0.25) is 5.15 Å². The van der Waals surface area contributed by atoms with E-state index < -0.39 is 5.97 Å². The maximum atomic E-state index is 11.3. The summed E-state index contributed by atoms with van der Waals surface area (Å²) in [5.41, 5.74) is 1.40. The van der Waals surface area contributed by atoms with Gasteiger partial charge in [0.05, 0.1) is 5.69 Å². The molecule has 2 heterocycles. The summed E-state index contributed by atoms with van der Waals surface area (Å²) in [4.78, 5) is 19.4. The first kappa shape index (κ1) is 12.1. The fourth-order valence-electron chi connectivity index (χ4n) is 1.96. The van der Waals surface area contributed by atoms with Crippen molar-refractivity contribution in [1.29, 1.82) is 0 Å². The minimum absolute atomic E-state index is 0.0837. The van der Waals surface area contributed by atoms with E-state index in [-0.39, 0.29) is 16.6 Å². The number of hydrogen-bond acceptors (Lipinski definition) is 4. The zero-order valence-electron chi connectivity index (χ0n) is 10.2. The lowest BCUT2D eigenvalue weighted by atomic mass is 10.2. The molecule has 7 heteroatoms. The Morgan fingerprint density at radius 2 is 2.21 bits per heavy atom. The largest absolute Gasteiger partial charge is 0.478 e. The molecule has 6 nitrogen and oxygen atoms in total. The number of halogens is 1. The lowest BCUT2D eigenvalue weighted by Crippen LogP contribution is -2.02. The second-order valence-corrected chi connectivity index (χ2v) is 4.92. The van der Waals surface area contributed by atoms with Gasteiger partial charge in [0.1, 0.15) is 17.0 Å². The minimum atomic E-state index is -1.05. The highest BCUT2D eigenvalue weighted by atomic mass is 35.5. The van der Waals surface area contributed by atoms with Gasteiger partial charge in [0.25, 0.3) is 0 Å². The second-order valence-electron chi connectivity index (χ2n) is 4.56. The number of carboxylic acid groups (broad SMARTS) is 1. The number of nitrogens with zero attached hydrogens (tertiary/aromatic N) is 4. The average Bonchev–Trinajstić information content (AvgIpc) is 3.13. The summed E-state index contributed by atoms with van der Waals surface area (Å²) in [5, 5.41) is 13.7. The van der Waals surface area contributed by atoms with Crippen molar-refractivity contribution in [2.75, 3.05) is 0 Å². The van der Waals surface area contributed by atoms with Crippen molar-refractivity contribution in [3.63, 3.8) is 0 Å². The smallest absolute Gasteiger partial charge is 0.340 e. The van der Waals surface area contributed by atoms with Gasteiger partial charge in [-0.05, 0) is 19.8 Å². The van der Waals surface area contributed by atoms with E-state index in [9.17, 15) is 9.90 Å². The molecule has 3 rings (SSSR count). The van der Waals surface area contributed by atoms with Gasteiger partial charge in [0.2, 0.25) is 0 Å². The third kappa shape index (κ3) is 2.08. The van der Waals surface area contributed by atoms with Gasteiger partial charge in [-0.2, -0.15) is 5.10 Å². The van der Waals surface area contributed by atoms with Crippen LogP contribution in [0, 0.1) is 6.92 Å². The fraction of sp³-hybridized carbons (Fsp3) is 0.333.